The molecule has 154 valence electrons. The van der Waals surface area contributed by atoms with Crippen molar-refractivity contribution < 1.29 is 23.1 Å². The molecule has 0 radical (unpaired) electrons. The van der Waals surface area contributed by atoms with Crippen LogP contribution >= 0.6 is 0 Å². The SMILES string of the molecule is Cc1ccc(NC(=O)CN2CCN(C(=O)COc3ccc(F)cc3F)CC2)cc1. The van der Waals surface area contributed by atoms with Crippen LogP contribution in [-0.2, 0) is 9.59 Å². The van der Waals surface area contributed by atoms with Crippen molar-refractivity contribution in [2.24, 2.45) is 0 Å². The fraction of sp³-hybridized carbons (Fsp3) is 0.333. The van der Waals surface area contributed by atoms with Crippen LogP contribution in [0.1, 0.15) is 5.56 Å². The maximum Gasteiger partial charge on any atom is 0.260 e. The molecule has 0 unspecified atom stereocenters. The summed E-state index contributed by atoms with van der Waals surface area (Å²) in [5, 5.41) is 2.85. The number of nitrogens with zero attached hydrogens (tertiary/aromatic N) is 2. The number of hydrogen-bond donors (Lipinski definition) is 1. The summed E-state index contributed by atoms with van der Waals surface area (Å²) in [5.74, 6) is -2.10. The first-order valence-electron chi connectivity index (χ1n) is 9.35. The van der Waals surface area contributed by atoms with Crippen molar-refractivity contribution in [1.82, 2.24) is 9.80 Å². The average Bonchev–Trinajstić information content (AvgIpc) is 2.69. The third kappa shape index (κ3) is 5.99. The molecule has 8 heteroatoms. The number of amides is 2. The van der Waals surface area contributed by atoms with Crippen LogP contribution in [0.25, 0.3) is 0 Å². The predicted molar refractivity (Wildman–Crippen MR) is 105 cm³/mol. The summed E-state index contributed by atoms with van der Waals surface area (Å²) in [7, 11) is 0. The second-order valence-corrected chi connectivity index (χ2v) is 6.93. The highest BCUT2D eigenvalue weighted by atomic mass is 19.1. The monoisotopic (exact) mass is 403 g/mol. The van der Waals surface area contributed by atoms with Gasteiger partial charge in [-0.25, -0.2) is 8.78 Å². The number of anilines is 1. The molecule has 1 saturated heterocycles. The quantitative estimate of drug-likeness (QED) is 0.805. The Bertz CT molecular complexity index is 866. The zero-order valence-corrected chi connectivity index (χ0v) is 16.2. The Morgan fingerprint density at radius 2 is 1.72 bits per heavy atom. The van der Waals surface area contributed by atoms with E-state index in [1.54, 1.807) is 4.90 Å². The Kier molecular flexibility index (Phi) is 6.77. The lowest BCUT2D eigenvalue weighted by Crippen LogP contribution is -2.51. The van der Waals surface area contributed by atoms with Crippen molar-refractivity contribution in [3.63, 3.8) is 0 Å². The van der Waals surface area contributed by atoms with E-state index < -0.39 is 11.6 Å². The molecule has 1 heterocycles. The van der Waals surface area contributed by atoms with E-state index in [1.807, 2.05) is 36.1 Å². The van der Waals surface area contributed by atoms with Crippen LogP contribution in [0.4, 0.5) is 14.5 Å². The number of ether oxygens (including phenoxy) is 1. The van der Waals surface area contributed by atoms with Gasteiger partial charge in [0.1, 0.15) is 5.82 Å². The predicted octanol–water partition coefficient (Wildman–Crippen LogP) is 2.43. The summed E-state index contributed by atoms with van der Waals surface area (Å²) in [6.45, 7) is 3.91. The summed E-state index contributed by atoms with van der Waals surface area (Å²) in [5.41, 5.74) is 1.87. The number of nitrogens with one attached hydrogen (secondary N) is 1. The molecule has 1 fully saturated rings. The Hall–Kier alpha value is -3.00. The molecule has 0 spiro atoms. The first-order valence-corrected chi connectivity index (χ1v) is 9.35. The molecule has 3 rings (SSSR count). The first-order chi connectivity index (χ1) is 13.9. The summed E-state index contributed by atoms with van der Waals surface area (Å²) >= 11 is 0. The molecule has 1 aliphatic rings. The third-order valence-electron chi connectivity index (χ3n) is 4.67. The Labute approximate surface area is 168 Å². The number of piperazine rings is 1. The van der Waals surface area contributed by atoms with E-state index >= 15 is 0 Å². The minimum atomic E-state index is -0.845. The van der Waals surface area contributed by atoms with Crippen LogP contribution in [0.3, 0.4) is 0 Å². The standard InChI is InChI=1S/C21H23F2N3O3/c1-15-2-5-17(6-3-15)24-20(27)13-25-8-10-26(11-9-25)21(28)14-29-19-7-4-16(22)12-18(19)23/h2-7,12H,8-11,13-14H2,1H3,(H,24,27). The molecular weight excluding hydrogens is 380 g/mol. The van der Waals surface area contributed by atoms with Gasteiger partial charge in [-0.2, -0.15) is 0 Å². The average molecular weight is 403 g/mol. The number of carbonyl (C=O) groups excluding carboxylic acids is 2. The lowest BCUT2D eigenvalue weighted by Gasteiger charge is -2.34. The summed E-state index contributed by atoms with van der Waals surface area (Å²) < 4.78 is 31.6. The fourth-order valence-electron chi connectivity index (χ4n) is 3.02. The second-order valence-electron chi connectivity index (χ2n) is 6.93. The molecule has 2 amide bonds. The molecule has 0 aliphatic carbocycles. The van der Waals surface area contributed by atoms with Gasteiger partial charge in [-0.15, -0.1) is 0 Å². The molecule has 0 aromatic heterocycles. The Morgan fingerprint density at radius 3 is 2.38 bits per heavy atom. The number of halogens is 2. The van der Waals surface area contributed by atoms with Crippen molar-refractivity contribution in [1.29, 1.82) is 0 Å². The van der Waals surface area contributed by atoms with Gasteiger partial charge in [0, 0.05) is 37.9 Å². The van der Waals surface area contributed by atoms with Gasteiger partial charge in [0.2, 0.25) is 5.91 Å². The minimum absolute atomic E-state index is 0.108. The number of rotatable bonds is 6. The molecule has 1 N–H and O–H groups in total. The van der Waals surface area contributed by atoms with Gasteiger partial charge < -0.3 is 15.0 Å². The van der Waals surface area contributed by atoms with Crippen LogP contribution in [-0.4, -0.2) is 60.9 Å². The van der Waals surface area contributed by atoms with Crippen LogP contribution < -0.4 is 10.1 Å². The Balaban J connectivity index is 1.40. The van der Waals surface area contributed by atoms with Crippen molar-refractivity contribution >= 4 is 17.5 Å². The van der Waals surface area contributed by atoms with Crippen LogP contribution in [0, 0.1) is 18.6 Å². The van der Waals surface area contributed by atoms with Gasteiger partial charge in [-0.3, -0.25) is 14.5 Å². The topological polar surface area (TPSA) is 61.9 Å². The van der Waals surface area contributed by atoms with Crippen molar-refractivity contribution in [3.05, 3.63) is 59.7 Å². The normalized spacial score (nSPS) is 14.5. The minimum Gasteiger partial charge on any atom is -0.481 e. The zero-order valence-electron chi connectivity index (χ0n) is 16.2. The van der Waals surface area contributed by atoms with Crippen molar-refractivity contribution in [2.75, 3.05) is 44.6 Å². The molecule has 2 aromatic carbocycles. The highest BCUT2D eigenvalue weighted by Gasteiger charge is 2.23. The molecule has 0 saturated carbocycles. The summed E-state index contributed by atoms with van der Waals surface area (Å²) in [4.78, 5) is 28.0. The number of aryl methyl sites for hydroxylation is 1. The van der Waals surface area contributed by atoms with Crippen LogP contribution in [0.5, 0.6) is 5.75 Å². The van der Waals surface area contributed by atoms with E-state index in [4.69, 9.17) is 4.74 Å². The highest BCUT2D eigenvalue weighted by molar-refractivity contribution is 5.92. The lowest BCUT2D eigenvalue weighted by molar-refractivity contribution is -0.135. The second kappa shape index (κ2) is 9.47. The largest absolute Gasteiger partial charge is 0.481 e. The first kappa shape index (κ1) is 20.7. The van der Waals surface area contributed by atoms with Gasteiger partial charge in [-0.05, 0) is 31.2 Å². The fourth-order valence-corrected chi connectivity index (χ4v) is 3.02. The van der Waals surface area contributed by atoms with E-state index in [-0.39, 0.29) is 30.7 Å². The maximum atomic E-state index is 13.6. The summed E-state index contributed by atoms with van der Waals surface area (Å²) in [6.07, 6.45) is 0. The lowest BCUT2D eigenvalue weighted by atomic mass is 10.2. The maximum absolute atomic E-state index is 13.6. The van der Waals surface area contributed by atoms with E-state index in [0.29, 0.717) is 32.2 Å². The van der Waals surface area contributed by atoms with E-state index in [0.717, 1.165) is 23.4 Å². The third-order valence-corrected chi connectivity index (χ3v) is 4.67. The number of hydrogen-bond acceptors (Lipinski definition) is 4. The van der Waals surface area contributed by atoms with Gasteiger partial charge in [0.15, 0.2) is 18.2 Å². The van der Waals surface area contributed by atoms with Gasteiger partial charge in [0.25, 0.3) is 5.91 Å². The molecule has 29 heavy (non-hydrogen) atoms. The molecule has 6 nitrogen and oxygen atoms in total. The van der Waals surface area contributed by atoms with Crippen LogP contribution in [0.2, 0.25) is 0 Å². The molecule has 2 aromatic rings. The van der Waals surface area contributed by atoms with Crippen LogP contribution in [0.15, 0.2) is 42.5 Å². The molecular formula is C21H23F2N3O3. The van der Waals surface area contributed by atoms with E-state index in [9.17, 15) is 18.4 Å². The Morgan fingerprint density at radius 1 is 1.03 bits per heavy atom. The number of benzene rings is 2. The summed E-state index contributed by atoms with van der Waals surface area (Å²) in [6, 6.07) is 10.5. The molecule has 0 atom stereocenters. The number of carbonyl (C=O) groups is 2. The van der Waals surface area contributed by atoms with Crippen molar-refractivity contribution in [3.8, 4) is 5.75 Å². The van der Waals surface area contributed by atoms with Gasteiger partial charge in [0.05, 0.1) is 6.54 Å². The van der Waals surface area contributed by atoms with Gasteiger partial charge >= 0.3 is 0 Å². The molecule has 1 aliphatic heterocycles. The van der Waals surface area contributed by atoms with Gasteiger partial charge in [-0.1, -0.05) is 17.7 Å². The van der Waals surface area contributed by atoms with E-state index in [2.05, 4.69) is 5.32 Å². The highest BCUT2D eigenvalue weighted by Crippen LogP contribution is 2.17. The van der Waals surface area contributed by atoms with Crippen molar-refractivity contribution in [2.45, 2.75) is 6.92 Å². The van der Waals surface area contributed by atoms with E-state index in [1.165, 1.54) is 0 Å². The smallest absolute Gasteiger partial charge is 0.260 e. The zero-order chi connectivity index (χ0) is 20.8. The molecule has 0 bridgehead atoms.